The molecule has 0 spiro atoms. The van der Waals surface area contributed by atoms with Crippen molar-refractivity contribution < 1.29 is 24.2 Å². The van der Waals surface area contributed by atoms with E-state index in [1.807, 2.05) is 13.0 Å². The topological polar surface area (TPSA) is 103 Å². The molecular weight excluding hydrogens is 264 g/mol. The van der Waals surface area contributed by atoms with E-state index in [0.717, 1.165) is 10.7 Å². The van der Waals surface area contributed by atoms with E-state index >= 15 is 0 Å². The lowest BCUT2D eigenvalue weighted by Crippen LogP contribution is -2.49. The van der Waals surface area contributed by atoms with Gasteiger partial charge in [0.05, 0.1) is 12.4 Å². The van der Waals surface area contributed by atoms with Gasteiger partial charge in [-0.3, -0.25) is 0 Å². The van der Waals surface area contributed by atoms with Gasteiger partial charge in [-0.05, 0) is 19.1 Å². The zero-order valence-corrected chi connectivity index (χ0v) is 11.2. The predicted molar refractivity (Wildman–Crippen MR) is 69.2 cm³/mol. The minimum atomic E-state index is -1.10. The highest BCUT2D eigenvalue weighted by Crippen LogP contribution is 2.18. The van der Waals surface area contributed by atoms with Crippen molar-refractivity contribution in [1.82, 2.24) is 10.2 Å². The molecule has 2 amide bonds. The number of carbonyl (C=O) groups excluding carboxylic acids is 1. The molecule has 3 atom stereocenters. The molecule has 7 heteroatoms. The number of rotatable bonds is 4. The van der Waals surface area contributed by atoms with E-state index < -0.39 is 24.1 Å². The van der Waals surface area contributed by atoms with Crippen LogP contribution in [0.1, 0.15) is 19.1 Å². The number of likely N-dealkylation sites (tertiary alicyclic amines) is 1. The lowest BCUT2D eigenvalue weighted by Gasteiger charge is -2.23. The maximum absolute atomic E-state index is 12.1. The molecular formula is C13H18N2O5. The van der Waals surface area contributed by atoms with Gasteiger partial charge in [-0.1, -0.05) is 0 Å². The summed E-state index contributed by atoms with van der Waals surface area (Å²) < 4.78 is 5.19. The van der Waals surface area contributed by atoms with E-state index in [0.29, 0.717) is 6.42 Å². The third-order valence-corrected chi connectivity index (χ3v) is 3.28. The van der Waals surface area contributed by atoms with E-state index in [4.69, 9.17) is 9.52 Å². The van der Waals surface area contributed by atoms with Crippen LogP contribution in [-0.2, 0) is 11.2 Å². The number of β-amino-alcohol motifs (C(OH)–C–C–N with tert-alkyl or cyclic N) is 1. The maximum atomic E-state index is 12.1. The van der Waals surface area contributed by atoms with Gasteiger partial charge in [0.1, 0.15) is 11.8 Å². The SMILES string of the molecule is CC(Cc1ccco1)NC(=O)N1C[C@@H](O)C[C@H]1C(=O)O. The van der Waals surface area contributed by atoms with Gasteiger partial charge in [0.2, 0.25) is 0 Å². The molecule has 0 bridgehead atoms. The zero-order chi connectivity index (χ0) is 14.7. The van der Waals surface area contributed by atoms with Crippen molar-refractivity contribution in [2.24, 2.45) is 0 Å². The summed E-state index contributed by atoms with van der Waals surface area (Å²) in [7, 11) is 0. The van der Waals surface area contributed by atoms with Gasteiger partial charge in [0.25, 0.3) is 0 Å². The highest BCUT2D eigenvalue weighted by atomic mass is 16.4. The molecule has 1 aliphatic heterocycles. The summed E-state index contributed by atoms with van der Waals surface area (Å²) in [5, 5.41) is 21.3. The monoisotopic (exact) mass is 282 g/mol. The number of nitrogens with one attached hydrogen (secondary N) is 1. The minimum absolute atomic E-state index is 0.0380. The van der Waals surface area contributed by atoms with Crippen molar-refractivity contribution in [2.75, 3.05) is 6.54 Å². The van der Waals surface area contributed by atoms with Crippen molar-refractivity contribution in [2.45, 2.75) is 38.0 Å². The number of amides is 2. The molecule has 0 radical (unpaired) electrons. The highest BCUT2D eigenvalue weighted by molar-refractivity contribution is 5.83. The normalized spacial score (nSPS) is 23.6. The number of hydrogen-bond donors (Lipinski definition) is 3. The van der Waals surface area contributed by atoms with Crippen molar-refractivity contribution in [3.05, 3.63) is 24.2 Å². The lowest BCUT2D eigenvalue weighted by molar-refractivity contribution is -0.141. The molecule has 3 N–H and O–H groups in total. The van der Waals surface area contributed by atoms with Crippen LogP contribution in [0.3, 0.4) is 0 Å². The molecule has 1 unspecified atom stereocenters. The van der Waals surface area contributed by atoms with Gasteiger partial charge >= 0.3 is 12.0 Å². The van der Waals surface area contributed by atoms with Crippen LogP contribution in [0.5, 0.6) is 0 Å². The summed E-state index contributed by atoms with van der Waals surface area (Å²) in [4.78, 5) is 24.3. The number of carboxylic acids is 1. The average Bonchev–Trinajstić information content (AvgIpc) is 2.97. The van der Waals surface area contributed by atoms with Crippen LogP contribution in [0.4, 0.5) is 4.79 Å². The van der Waals surface area contributed by atoms with Crippen LogP contribution in [0.25, 0.3) is 0 Å². The Bertz CT molecular complexity index is 473. The van der Waals surface area contributed by atoms with Crippen LogP contribution in [0, 0.1) is 0 Å². The molecule has 1 aromatic rings. The molecule has 2 heterocycles. The first kappa shape index (κ1) is 14.4. The second-order valence-electron chi connectivity index (χ2n) is 5.03. The Morgan fingerprint density at radius 2 is 2.35 bits per heavy atom. The van der Waals surface area contributed by atoms with Gasteiger partial charge in [-0.25, -0.2) is 9.59 Å². The fourth-order valence-electron chi connectivity index (χ4n) is 2.35. The molecule has 7 nitrogen and oxygen atoms in total. The molecule has 20 heavy (non-hydrogen) atoms. The highest BCUT2D eigenvalue weighted by Gasteiger charge is 2.39. The standard InChI is InChI=1S/C13H18N2O5/c1-8(5-10-3-2-4-20-10)14-13(19)15-7-9(16)6-11(15)12(17)18/h2-4,8-9,11,16H,5-7H2,1H3,(H,14,19)(H,17,18)/t8?,9-,11-/m0/s1. The molecule has 0 saturated carbocycles. The second kappa shape index (κ2) is 5.96. The summed E-state index contributed by atoms with van der Waals surface area (Å²) in [5.74, 6) is -0.357. The van der Waals surface area contributed by atoms with Crippen LogP contribution in [0.15, 0.2) is 22.8 Å². The van der Waals surface area contributed by atoms with Gasteiger partial charge in [0, 0.05) is 25.4 Å². The second-order valence-corrected chi connectivity index (χ2v) is 5.03. The van der Waals surface area contributed by atoms with E-state index in [9.17, 15) is 14.7 Å². The Balaban J connectivity index is 1.92. The Hall–Kier alpha value is -2.02. The lowest BCUT2D eigenvalue weighted by atomic mass is 10.2. The Labute approximate surface area is 116 Å². The van der Waals surface area contributed by atoms with Crippen LogP contribution >= 0.6 is 0 Å². The fraction of sp³-hybridized carbons (Fsp3) is 0.538. The number of furan rings is 1. The molecule has 1 saturated heterocycles. The molecule has 1 aliphatic rings. The maximum Gasteiger partial charge on any atom is 0.326 e. The number of carbonyl (C=O) groups is 2. The molecule has 0 aliphatic carbocycles. The predicted octanol–water partition coefficient (Wildman–Crippen LogP) is 0.440. The van der Waals surface area contributed by atoms with Crippen LogP contribution in [-0.4, -0.2) is 51.8 Å². The van der Waals surface area contributed by atoms with E-state index in [2.05, 4.69) is 5.32 Å². The Kier molecular flexibility index (Phi) is 4.29. The largest absolute Gasteiger partial charge is 0.480 e. The zero-order valence-electron chi connectivity index (χ0n) is 11.2. The first-order chi connectivity index (χ1) is 9.47. The van der Waals surface area contributed by atoms with Gasteiger partial charge in [-0.15, -0.1) is 0 Å². The number of aliphatic carboxylic acids is 1. The van der Waals surface area contributed by atoms with Crippen molar-refractivity contribution in [1.29, 1.82) is 0 Å². The van der Waals surface area contributed by atoms with Gasteiger partial charge in [0.15, 0.2) is 0 Å². The molecule has 0 aromatic carbocycles. The number of hydrogen-bond acceptors (Lipinski definition) is 4. The molecule has 110 valence electrons. The van der Waals surface area contributed by atoms with Crippen molar-refractivity contribution >= 4 is 12.0 Å². The van der Waals surface area contributed by atoms with Crippen molar-refractivity contribution in [3.8, 4) is 0 Å². The number of urea groups is 1. The third kappa shape index (κ3) is 3.30. The van der Waals surface area contributed by atoms with Gasteiger partial charge < -0.3 is 24.8 Å². The number of aliphatic hydroxyl groups excluding tert-OH is 1. The number of carboxylic acid groups (broad SMARTS) is 1. The van der Waals surface area contributed by atoms with Gasteiger partial charge in [-0.2, -0.15) is 0 Å². The summed E-state index contributed by atoms with van der Waals surface area (Å²) in [6.45, 7) is 1.85. The molecule has 2 rings (SSSR count). The molecule has 1 aromatic heterocycles. The third-order valence-electron chi connectivity index (χ3n) is 3.28. The van der Waals surface area contributed by atoms with E-state index in [-0.39, 0.29) is 19.0 Å². The quantitative estimate of drug-likeness (QED) is 0.743. The Morgan fingerprint density at radius 1 is 1.60 bits per heavy atom. The van der Waals surface area contributed by atoms with E-state index in [1.165, 1.54) is 0 Å². The summed E-state index contributed by atoms with van der Waals surface area (Å²) in [6, 6.07) is 1.93. The van der Waals surface area contributed by atoms with Crippen molar-refractivity contribution in [3.63, 3.8) is 0 Å². The van der Waals surface area contributed by atoms with Crippen LogP contribution < -0.4 is 5.32 Å². The smallest absolute Gasteiger partial charge is 0.326 e. The fourth-order valence-corrected chi connectivity index (χ4v) is 2.35. The number of nitrogens with zero attached hydrogens (tertiary/aromatic N) is 1. The molecule has 1 fully saturated rings. The minimum Gasteiger partial charge on any atom is -0.480 e. The first-order valence-electron chi connectivity index (χ1n) is 6.47. The summed E-state index contributed by atoms with van der Waals surface area (Å²) >= 11 is 0. The summed E-state index contributed by atoms with van der Waals surface area (Å²) in [5.41, 5.74) is 0. The summed E-state index contributed by atoms with van der Waals surface area (Å²) in [6.07, 6.45) is 1.35. The van der Waals surface area contributed by atoms with E-state index in [1.54, 1.807) is 12.3 Å². The first-order valence-corrected chi connectivity index (χ1v) is 6.47. The average molecular weight is 282 g/mol. The van der Waals surface area contributed by atoms with Crippen LogP contribution in [0.2, 0.25) is 0 Å². The number of aliphatic hydroxyl groups is 1. The Morgan fingerprint density at radius 3 is 2.95 bits per heavy atom.